The Labute approximate surface area is 117 Å². The predicted octanol–water partition coefficient (Wildman–Crippen LogP) is 0.260. The Morgan fingerprint density at radius 2 is 1.50 bits per heavy atom. The molecule has 110 valence electrons. The molecule has 0 bridgehead atoms. The summed E-state index contributed by atoms with van der Waals surface area (Å²) in [5.41, 5.74) is 0.678. The van der Waals surface area contributed by atoms with Gasteiger partial charge in [0.2, 0.25) is 0 Å². The van der Waals surface area contributed by atoms with Crippen molar-refractivity contribution in [1.82, 2.24) is 0 Å². The molecule has 0 saturated heterocycles. The largest absolute Gasteiger partial charge is 0.462 e. The zero-order valence-electron chi connectivity index (χ0n) is 11.1. The molecule has 0 aromatic rings. The van der Waals surface area contributed by atoms with Gasteiger partial charge in [-0.15, -0.1) is 0 Å². The van der Waals surface area contributed by atoms with E-state index < -0.39 is 11.9 Å². The van der Waals surface area contributed by atoms with E-state index in [0.717, 1.165) is 0 Å². The molecule has 0 aliphatic heterocycles. The van der Waals surface area contributed by atoms with Crippen molar-refractivity contribution in [3.05, 3.63) is 35.5 Å². The summed E-state index contributed by atoms with van der Waals surface area (Å²) in [4.78, 5) is 23.3. The summed E-state index contributed by atoms with van der Waals surface area (Å²) in [5.74, 6) is -1.04. The average molecular weight is 282 g/mol. The molecule has 20 heavy (non-hydrogen) atoms. The standard InChI is InChI=1S/C14H18O6/c15-7-2-9-19-13(17)11-3-1-4-12(6-5-11)14(18)20-10-8-16/h3-6,15-16H,1-2,7-10H2. The lowest BCUT2D eigenvalue weighted by Gasteiger charge is -2.03. The van der Waals surface area contributed by atoms with Crippen LogP contribution in [-0.2, 0) is 19.1 Å². The van der Waals surface area contributed by atoms with E-state index in [1.807, 2.05) is 0 Å². The molecular weight excluding hydrogens is 264 g/mol. The van der Waals surface area contributed by atoms with Crippen molar-refractivity contribution in [3.8, 4) is 0 Å². The molecule has 0 aromatic heterocycles. The minimum atomic E-state index is -0.543. The molecule has 1 rings (SSSR count). The van der Waals surface area contributed by atoms with Crippen LogP contribution in [0.5, 0.6) is 0 Å². The van der Waals surface area contributed by atoms with E-state index in [4.69, 9.17) is 19.7 Å². The lowest BCUT2D eigenvalue weighted by molar-refractivity contribution is -0.140. The van der Waals surface area contributed by atoms with Crippen LogP contribution >= 0.6 is 0 Å². The third kappa shape index (κ3) is 5.38. The van der Waals surface area contributed by atoms with E-state index in [1.54, 1.807) is 12.2 Å². The van der Waals surface area contributed by atoms with Gasteiger partial charge in [0.25, 0.3) is 0 Å². The molecule has 6 heteroatoms. The van der Waals surface area contributed by atoms with Gasteiger partial charge in [0.05, 0.1) is 24.4 Å². The Bertz CT molecular complexity index is 433. The van der Waals surface area contributed by atoms with Crippen LogP contribution in [0.15, 0.2) is 35.5 Å². The van der Waals surface area contributed by atoms with Crippen LogP contribution in [0.2, 0.25) is 0 Å². The first-order valence-corrected chi connectivity index (χ1v) is 6.33. The molecule has 0 radical (unpaired) electrons. The third-order valence-electron chi connectivity index (χ3n) is 2.45. The molecule has 6 nitrogen and oxygen atoms in total. The molecule has 0 heterocycles. The fourth-order valence-corrected chi connectivity index (χ4v) is 1.47. The van der Waals surface area contributed by atoms with Gasteiger partial charge >= 0.3 is 11.9 Å². The van der Waals surface area contributed by atoms with Gasteiger partial charge in [-0.3, -0.25) is 0 Å². The van der Waals surface area contributed by atoms with Crippen molar-refractivity contribution in [1.29, 1.82) is 0 Å². The lowest BCUT2D eigenvalue weighted by atomic mass is 10.2. The second-order valence-corrected chi connectivity index (χ2v) is 3.96. The maximum atomic E-state index is 11.7. The molecule has 0 fully saturated rings. The number of aliphatic hydroxyl groups excluding tert-OH is 2. The summed E-state index contributed by atoms with van der Waals surface area (Å²) in [6.07, 6.45) is 7.03. The predicted molar refractivity (Wildman–Crippen MR) is 70.6 cm³/mol. The molecule has 0 unspecified atom stereocenters. The third-order valence-corrected chi connectivity index (χ3v) is 2.45. The fraction of sp³-hybridized carbons (Fsp3) is 0.429. The van der Waals surface area contributed by atoms with Crippen LogP contribution in [-0.4, -0.2) is 48.6 Å². The van der Waals surface area contributed by atoms with E-state index in [1.165, 1.54) is 12.2 Å². The van der Waals surface area contributed by atoms with Gasteiger partial charge < -0.3 is 19.7 Å². The van der Waals surface area contributed by atoms with E-state index >= 15 is 0 Å². The van der Waals surface area contributed by atoms with Gasteiger partial charge in [-0.1, -0.05) is 12.2 Å². The van der Waals surface area contributed by atoms with Crippen LogP contribution in [0, 0.1) is 0 Å². The minimum Gasteiger partial charge on any atom is -0.462 e. The Morgan fingerprint density at radius 1 is 0.950 bits per heavy atom. The molecule has 2 N–H and O–H groups in total. The van der Waals surface area contributed by atoms with Gasteiger partial charge in [-0.2, -0.15) is 0 Å². The van der Waals surface area contributed by atoms with E-state index in [0.29, 0.717) is 24.0 Å². The second kappa shape index (κ2) is 9.06. The smallest absolute Gasteiger partial charge is 0.337 e. The van der Waals surface area contributed by atoms with Crippen molar-refractivity contribution in [2.45, 2.75) is 12.8 Å². The van der Waals surface area contributed by atoms with Gasteiger partial charge in [-0.05, 0) is 18.6 Å². The van der Waals surface area contributed by atoms with Crippen LogP contribution in [0.1, 0.15) is 12.8 Å². The Balaban J connectivity index is 2.54. The molecule has 0 aromatic carbocycles. The fourth-order valence-electron chi connectivity index (χ4n) is 1.47. The van der Waals surface area contributed by atoms with E-state index in [-0.39, 0.29) is 26.4 Å². The van der Waals surface area contributed by atoms with Crippen LogP contribution in [0.3, 0.4) is 0 Å². The summed E-state index contributed by atoms with van der Waals surface area (Å²) in [5, 5.41) is 17.2. The number of rotatable bonds is 7. The first-order chi connectivity index (χ1) is 9.69. The normalized spacial score (nSPS) is 14.1. The zero-order chi connectivity index (χ0) is 14.8. The van der Waals surface area contributed by atoms with Crippen LogP contribution in [0.4, 0.5) is 0 Å². The Hall–Kier alpha value is -1.92. The minimum absolute atomic E-state index is 0.0371. The molecule has 0 amide bonds. The second-order valence-electron chi connectivity index (χ2n) is 3.96. The summed E-state index contributed by atoms with van der Waals surface area (Å²) in [6, 6.07) is 0. The van der Waals surface area contributed by atoms with Crippen LogP contribution in [0.25, 0.3) is 0 Å². The van der Waals surface area contributed by atoms with Crippen molar-refractivity contribution >= 4 is 11.9 Å². The maximum absolute atomic E-state index is 11.7. The number of aliphatic hydroxyl groups is 2. The Kier molecular flexibility index (Phi) is 7.31. The highest BCUT2D eigenvalue weighted by Crippen LogP contribution is 2.13. The summed E-state index contributed by atoms with van der Waals surface area (Å²) >= 11 is 0. The number of allylic oxidation sites excluding steroid dienone is 2. The summed E-state index contributed by atoms with van der Waals surface area (Å²) in [6.45, 7) is -0.180. The SMILES string of the molecule is O=C(OCCO)C1=CCC=C(C(=O)OCCCO)C=C1. The number of ether oxygens (including phenoxy) is 2. The monoisotopic (exact) mass is 282 g/mol. The zero-order valence-corrected chi connectivity index (χ0v) is 11.1. The van der Waals surface area contributed by atoms with Crippen molar-refractivity contribution in [2.24, 2.45) is 0 Å². The molecule has 0 saturated carbocycles. The van der Waals surface area contributed by atoms with Gasteiger partial charge in [-0.25, -0.2) is 9.59 Å². The van der Waals surface area contributed by atoms with Gasteiger partial charge in [0, 0.05) is 13.0 Å². The number of hydrogen-bond donors (Lipinski definition) is 2. The highest BCUT2D eigenvalue weighted by Gasteiger charge is 2.13. The highest BCUT2D eigenvalue weighted by molar-refractivity contribution is 5.95. The van der Waals surface area contributed by atoms with Gasteiger partial charge in [0.1, 0.15) is 6.61 Å². The summed E-state index contributed by atoms with van der Waals surface area (Å²) < 4.78 is 9.73. The van der Waals surface area contributed by atoms with E-state index in [9.17, 15) is 9.59 Å². The highest BCUT2D eigenvalue weighted by atomic mass is 16.5. The molecule has 1 aliphatic carbocycles. The maximum Gasteiger partial charge on any atom is 0.337 e. The lowest BCUT2D eigenvalue weighted by Crippen LogP contribution is -2.10. The molecule has 0 spiro atoms. The number of carbonyl (C=O) groups is 2. The number of hydrogen-bond acceptors (Lipinski definition) is 6. The molecule has 1 aliphatic rings. The van der Waals surface area contributed by atoms with Crippen molar-refractivity contribution < 1.29 is 29.3 Å². The molecular formula is C14H18O6. The number of esters is 2. The van der Waals surface area contributed by atoms with Crippen molar-refractivity contribution in [3.63, 3.8) is 0 Å². The van der Waals surface area contributed by atoms with Gasteiger partial charge in [0.15, 0.2) is 0 Å². The molecule has 0 atom stereocenters. The number of carbonyl (C=O) groups excluding carboxylic acids is 2. The average Bonchev–Trinajstić information content (AvgIpc) is 2.71. The Morgan fingerprint density at radius 3 is 2.00 bits per heavy atom. The quantitative estimate of drug-likeness (QED) is 0.514. The topological polar surface area (TPSA) is 93.1 Å². The first kappa shape index (κ1) is 16.1. The first-order valence-electron chi connectivity index (χ1n) is 6.33. The van der Waals surface area contributed by atoms with Crippen molar-refractivity contribution in [2.75, 3.05) is 26.4 Å². The summed E-state index contributed by atoms with van der Waals surface area (Å²) in [7, 11) is 0. The van der Waals surface area contributed by atoms with E-state index in [2.05, 4.69) is 0 Å². The van der Waals surface area contributed by atoms with Crippen LogP contribution < -0.4 is 0 Å².